The predicted octanol–water partition coefficient (Wildman–Crippen LogP) is 2.60. The summed E-state index contributed by atoms with van der Waals surface area (Å²) in [5, 5.41) is 3.34. The molecular formula is C14H29NO2. The van der Waals surface area contributed by atoms with E-state index in [1.807, 2.05) is 0 Å². The van der Waals surface area contributed by atoms with Crippen molar-refractivity contribution in [2.75, 3.05) is 26.8 Å². The first kappa shape index (κ1) is 14.9. The molecule has 3 nitrogen and oxygen atoms in total. The van der Waals surface area contributed by atoms with Crippen molar-refractivity contribution in [3.05, 3.63) is 0 Å². The lowest BCUT2D eigenvalue weighted by Gasteiger charge is -2.31. The monoisotopic (exact) mass is 243 g/mol. The number of methoxy groups -OCH3 is 1. The van der Waals surface area contributed by atoms with Crippen molar-refractivity contribution >= 4 is 0 Å². The van der Waals surface area contributed by atoms with Crippen LogP contribution in [0.1, 0.15) is 46.0 Å². The van der Waals surface area contributed by atoms with Gasteiger partial charge in [-0.15, -0.1) is 0 Å². The van der Waals surface area contributed by atoms with E-state index < -0.39 is 0 Å². The summed E-state index contributed by atoms with van der Waals surface area (Å²) in [6, 6.07) is 0. The van der Waals surface area contributed by atoms with Crippen LogP contribution in [0.25, 0.3) is 0 Å². The van der Waals surface area contributed by atoms with Gasteiger partial charge in [0.2, 0.25) is 0 Å². The first-order chi connectivity index (χ1) is 8.30. The van der Waals surface area contributed by atoms with Crippen molar-refractivity contribution < 1.29 is 9.47 Å². The SMILES string of the molecule is CCNCC(COC)OC1CCCC(CC)C1. The minimum absolute atomic E-state index is 0.209. The first-order valence-electron chi connectivity index (χ1n) is 7.15. The zero-order valence-corrected chi connectivity index (χ0v) is 11.7. The Bertz CT molecular complexity index is 185. The van der Waals surface area contributed by atoms with Gasteiger partial charge in [0.1, 0.15) is 0 Å². The van der Waals surface area contributed by atoms with E-state index in [0.717, 1.165) is 19.0 Å². The van der Waals surface area contributed by atoms with Crippen LogP contribution < -0.4 is 5.32 Å². The molecule has 0 aliphatic heterocycles. The van der Waals surface area contributed by atoms with Gasteiger partial charge in [-0.1, -0.05) is 33.1 Å². The molecule has 1 rings (SSSR count). The molecule has 0 spiro atoms. The third-order valence-corrected chi connectivity index (χ3v) is 3.67. The molecule has 3 atom stereocenters. The molecular weight excluding hydrogens is 214 g/mol. The molecule has 17 heavy (non-hydrogen) atoms. The molecule has 102 valence electrons. The molecule has 0 aromatic rings. The Kier molecular flexibility index (Phi) is 7.82. The van der Waals surface area contributed by atoms with Gasteiger partial charge >= 0.3 is 0 Å². The van der Waals surface area contributed by atoms with Crippen molar-refractivity contribution in [1.82, 2.24) is 5.32 Å². The highest BCUT2D eigenvalue weighted by atomic mass is 16.5. The molecule has 1 aliphatic rings. The van der Waals surface area contributed by atoms with E-state index in [2.05, 4.69) is 19.2 Å². The fraction of sp³-hybridized carbons (Fsp3) is 1.00. The fourth-order valence-corrected chi connectivity index (χ4v) is 2.65. The molecule has 0 aromatic carbocycles. The minimum atomic E-state index is 0.209. The zero-order chi connectivity index (χ0) is 12.5. The molecule has 0 heterocycles. The molecule has 0 amide bonds. The van der Waals surface area contributed by atoms with E-state index in [1.165, 1.54) is 32.1 Å². The molecule has 0 saturated heterocycles. The number of hydrogen-bond acceptors (Lipinski definition) is 3. The average Bonchev–Trinajstić information content (AvgIpc) is 2.36. The van der Waals surface area contributed by atoms with Gasteiger partial charge in [0.15, 0.2) is 0 Å². The minimum Gasteiger partial charge on any atom is -0.382 e. The Morgan fingerprint density at radius 1 is 1.29 bits per heavy atom. The Morgan fingerprint density at radius 3 is 2.76 bits per heavy atom. The number of ether oxygens (including phenoxy) is 2. The topological polar surface area (TPSA) is 30.5 Å². The summed E-state index contributed by atoms with van der Waals surface area (Å²) in [7, 11) is 1.75. The third kappa shape index (κ3) is 5.84. The third-order valence-electron chi connectivity index (χ3n) is 3.67. The summed E-state index contributed by atoms with van der Waals surface area (Å²) in [6.45, 7) is 7.00. The number of likely N-dealkylation sites (N-methyl/N-ethyl adjacent to an activating group) is 1. The van der Waals surface area contributed by atoms with Gasteiger partial charge in [0.05, 0.1) is 18.8 Å². The van der Waals surface area contributed by atoms with Crippen LogP contribution in [0.15, 0.2) is 0 Å². The van der Waals surface area contributed by atoms with E-state index in [9.17, 15) is 0 Å². The van der Waals surface area contributed by atoms with Crippen LogP contribution >= 0.6 is 0 Å². The zero-order valence-electron chi connectivity index (χ0n) is 11.7. The Hall–Kier alpha value is -0.120. The van der Waals surface area contributed by atoms with Crippen molar-refractivity contribution in [3.8, 4) is 0 Å². The van der Waals surface area contributed by atoms with E-state index in [0.29, 0.717) is 12.7 Å². The van der Waals surface area contributed by atoms with Gasteiger partial charge in [0.25, 0.3) is 0 Å². The van der Waals surface area contributed by atoms with Crippen LogP contribution in [0.3, 0.4) is 0 Å². The highest BCUT2D eigenvalue weighted by Crippen LogP contribution is 2.29. The van der Waals surface area contributed by atoms with Crippen molar-refractivity contribution in [3.63, 3.8) is 0 Å². The quantitative estimate of drug-likeness (QED) is 0.711. The van der Waals surface area contributed by atoms with Gasteiger partial charge in [-0.3, -0.25) is 0 Å². The van der Waals surface area contributed by atoms with Crippen LogP contribution in [0, 0.1) is 5.92 Å². The molecule has 0 bridgehead atoms. The summed E-state index contributed by atoms with van der Waals surface area (Å²) in [5.41, 5.74) is 0. The summed E-state index contributed by atoms with van der Waals surface area (Å²) >= 11 is 0. The summed E-state index contributed by atoms with van der Waals surface area (Å²) in [6.07, 6.45) is 7.13. The first-order valence-corrected chi connectivity index (χ1v) is 7.15. The smallest absolute Gasteiger partial charge is 0.0936 e. The van der Waals surface area contributed by atoms with E-state index in [1.54, 1.807) is 7.11 Å². The second-order valence-corrected chi connectivity index (χ2v) is 5.08. The van der Waals surface area contributed by atoms with E-state index >= 15 is 0 Å². The Morgan fingerprint density at radius 2 is 2.12 bits per heavy atom. The van der Waals surface area contributed by atoms with Gasteiger partial charge in [-0.05, 0) is 25.3 Å². The summed E-state index contributed by atoms with van der Waals surface area (Å²) < 4.78 is 11.4. The van der Waals surface area contributed by atoms with Gasteiger partial charge in [-0.25, -0.2) is 0 Å². The number of nitrogens with one attached hydrogen (secondary N) is 1. The van der Waals surface area contributed by atoms with Crippen LogP contribution in [-0.4, -0.2) is 39.0 Å². The average molecular weight is 243 g/mol. The molecule has 1 saturated carbocycles. The molecule has 0 radical (unpaired) electrons. The lowest BCUT2D eigenvalue weighted by Crippen LogP contribution is -2.37. The Balaban J connectivity index is 2.31. The van der Waals surface area contributed by atoms with E-state index in [4.69, 9.17) is 9.47 Å². The number of hydrogen-bond donors (Lipinski definition) is 1. The molecule has 1 fully saturated rings. The van der Waals surface area contributed by atoms with Crippen LogP contribution in [0.5, 0.6) is 0 Å². The fourth-order valence-electron chi connectivity index (χ4n) is 2.65. The molecule has 0 aromatic heterocycles. The number of rotatable bonds is 8. The molecule has 3 unspecified atom stereocenters. The van der Waals surface area contributed by atoms with Crippen LogP contribution in [0.2, 0.25) is 0 Å². The van der Waals surface area contributed by atoms with Crippen molar-refractivity contribution in [1.29, 1.82) is 0 Å². The van der Waals surface area contributed by atoms with Gasteiger partial charge in [0, 0.05) is 13.7 Å². The Labute approximate surface area is 106 Å². The highest BCUT2D eigenvalue weighted by molar-refractivity contribution is 4.74. The maximum absolute atomic E-state index is 6.18. The van der Waals surface area contributed by atoms with Crippen molar-refractivity contribution in [2.24, 2.45) is 5.92 Å². The molecule has 1 aliphatic carbocycles. The predicted molar refractivity (Wildman–Crippen MR) is 71.3 cm³/mol. The lowest BCUT2D eigenvalue weighted by atomic mass is 9.85. The molecule has 1 N–H and O–H groups in total. The van der Waals surface area contributed by atoms with Crippen LogP contribution in [0.4, 0.5) is 0 Å². The van der Waals surface area contributed by atoms with Crippen LogP contribution in [-0.2, 0) is 9.47 Å². The molecule has 3 heteroatoms. The highest BCUT2D eigenvalue weighted by Gasteiger charge is 2.23. The maximum atomic E-state index is 6.18. The summed E-state index contributed by atoms with van der Waals surface area (Å²) in [5.74, 6) is 0.871. The standard InChI is InChI=1S/C14H29NO2/c1-4-12-7-6-8-13(9-12)17-14(11-16-3)10-15-5-2/h12-15H,4-11H2,1-3H3. The maximum Gasteiger partial charge on any atom is 0.0936 e. The normalized spacial score (nSPS) is 27.0. The van der Waals surface area contributed by atoms with Crippen molar-refractivity contribution in [2.45, 2.75) is 58.2 Å². The lowest BCUT2D eigenvalue weighted by molar-refractivity contribution is -0.0670. The largest absolute Gasteiger partial charge is 0.382 e. The second-order valence-electron chi connectivity index (χ2n) is 5.08. The second kappa shape index (κ2) is 8.90. The summed E-state index contributed by atoms with van der Waals surface area (Å²) in [4.78, 5) is 0. The van der Waals surface area contributed by atoms with E-state index in [-0.39, 0.29) is 6.10 Å². The van der Waals surface area contributed by atoms with Gasteiger partial charge < -0.3 is 14.8 Å². The van der Waals surface area contributed by atoms with Gasteiger partial charge in [-0.2, -0.15) is 0 Å².